The molecule has 18 heteroatoms. The van der Waals surface area contributed by atoms with E-state index < -0.39 is 76.9 Å². The third kappa shape index (κ3) is 9.28. The van der Waals surface area contributed by atoms with Crippen LogP contribution in [-0.4, -0.2) is 113 Å². The standard InChI is InChI=1S/C12H22N2O14P2/c1-12(29(22,23)24,30(25,26)27)28-11(21)7-14(6-10(19)20)3-2-13(4-8(15)16)5-9(17)18/h2-7H2,1H3,(H,15,16)(H,17,18)(H,19,20)(H2,22,23,24)(H2,25,26,27). The second-order valence-corrected chi connectivity index (χ2v) is 10.3. The Hall–Kier alpha value is -1.90. The SMILES string of the molecule is CC(OC(=O)CN(CCN(CC(=O)O)CC(=O)O)CC(=O)O)(P(=O)(O)O)P(=O)(O)O. The van der Waals surface area contributed by atoms with Crippen molar-refractivity contribution >= 4 is 39.1 Å². The molecule has 0 saturated heterocycles. The zero-order valence-electron chi connectivity index (χ0n) is 15.5. The van der Waals surface area contributed by atoms with Crippen molar-refractivity contribution < 1.29 is 67.9 Å². The van der Waals surface area contributed by atoms with Gasteiger partial charge in [-0.25, -0.2) is 0 Å². The van der Waals surface area contributed by atoms with E-state index in [0.717, 1.165) is 9.80 Å². The number of esters is 1. The van der Waals surface area contributed by atoms with Crippen molar-refractivity contribution in [1.82, 2.24) is 9.80 Å². The maximum atomic E-state index is 12.0. The van der Waals surface area contributed by atoms with Crippen LogP contribution in [0, 0.1) is 0 Å². The highest BCUT2D eigenvalue weighted by Crippen LogP contribution is 2.69. The predicted molar refractivity (Wildman–Crippen MR) is 94.4 cm³/mol. The summed E-state index contributed by atoms with van der Waals surface area (Å²) in [5.74, 6) is -5.81. The van der Waals surface area contributed by atoms with E-state index in [1.807, 2.05) is 0 Å². The molecule has 0 spiro atoms. The molecule has 0 aromatic rings. The fourth-order valence-corrected chi connectivity index (χ4v) is 3.80. The number of carboxylic acid groups (broad SMARTS) is 3. The Kier molecular flexibility index (Phi) is 10.2. The largest absolute Gasteiger partial charge is 0.480 e. The molecule has 0 rings (SSSR count). The zero-order chi connectivity index (χ0) is 23.9. The van der Waals surface area contributed by atoms with E-state index in [4.69, 9.17) is 34.9 Å². The van der Waals surface area contributed by atoms with Gasteiger partial charge in [-0.1, -0.05) is 0 Å². The van der Waals surface area contributed by atoms with Crippen LogP contribution in [0.25, 0.3) is 0 Å². The molecular formula is C12H22N2O14P2. The zero-order valence-corrected chi connectivity index (χ0v) is 17.3. The Bertz CT molecular complexity index is 720. The minimum Gasteiger partial charge on any atom is -0.480 e. The van der Waals surface area contributed by atoms with Crippen molar-refractivity contribution in [2.45, 2.75) is 12.0 Å². The first-order chi connectivity index (χ1) is 13.4. The van der Waals surface area contributed by atoms with Crippen molar-refractivity contribution in [3.05, 3.63) is 0 Å². The summed E-state index contributed by atoms with van der Waals surface area (Å²) in [6.45, 7) is -3.72. The minimum atomic E-state index is -5.68. The molecule has 0 aromatic carbocycles. The molecule has 0 aliphatic rings. The van der Waals surface area contributed by atoms with E-state index in [9.17, 15) is 28.3 Å². The summed E-state index contributed by atoms with van der Waals surface area (Å²) in [4.78, 5) is 82.8. The number of rotatable bonds is 14. The molecule has 0 aromatic heterocycles. The lowest BCUT2D eigenvalue weighted by atomic mass is 10.4. The molecule has 7 N–H and O–H groups in total. The molecule has 174 valence electrons. The van der Waals surface area contributed by atoms with Crippen LogP contribution >= 0.6 is 15.2 Å². The maximum Gasteiger partial charge on any atom is 0.381 e. The first-order valence-corrected chi connectivity index (χ1v) is 11.0. The van der Waals surface area contributed by atoms with E-state index in [0.29, 0.717) is 6.92 Å². The number of hydrogen-bond donors (Lipinski definition) is 7. The van der Waals surface area contributed by atoms with Crippen LogP contribution in [0.15, 0.2) is 0 Å². The summed E-state index contributed by atoms with van der Waals surface area (Å²) >= 11 is 0. The third-order valence-electron chi connectivity index (χ3n) is 3.55. The monoisotopic (exact) mass is 480 g/mol. The van der Waals surface area contributed by atoms with Gasteiger partial charge in [0.05, 0.1) is 26.2 Å². The molecule has 0 saturated carbocycles. The lowest BCUT2D eigenvalue weighted by Crippen LogP contribution is -2.44. The first-order valence-electron chi connectivity index (χ1n) is 7.82. The highest BCUT2D eigenvalue weighted by atomic mass is 31.2. The van der Waals surface area contributed by atoms with Crippen molar-refractivity contribution in [2.24, 2.45) is 0 Å². The van der Waals surface area contributed by atoms with Crippen molar-refractivity contribution in [1.29, 1.82) is 0 Å². The van der Waals surface area contributed by atoms with Gasteiger partial charge < -0.3 is 39.6 Å². The van der Waals surface area contributed by atoms with Crippen LogP contribution in [0.2, 0.25) is 0 Å². The third-order valence-corrected chi connectivity index (χ3v) is 7.46. The summed E-state index contributed by atoms with van der Waals surface area (Å²) in [6, 6.07) is 0. The van der Waals surface area contributed by atoms with E-state index in [1.165, 1.54) is 0 Å². The topological polar surface area (TPSA) is 260 Å². The molecule has 0 bridgehead atoms. The number of nitrogens with zero attached hydrogens (tertiary/aromatic N) is 2. The van der Waals surface area contributed by atoms with E-state index in [2.05, 4.69) is 4.74 Å². The fraction of sp³-hybridized carbons (Fsp3) is 0.667. The van der Waals surface area contributed by atoms with E-state index in [-0.39, 0.29) is 6.54 Å². The molecule has 0 aliphatic heterocycles. The van der Waals surface area contributed by atoms with Crippen molar-refractivity contribution in [3.8, 4) is 0 Å². The highest BCUT2D eigenvalue weighted by molar-refractivity contribution is 7.72. The maximum absolute atomic E-state index is 12.0. The number of aliphatic carboxylic acids is 3. The van der Waals surface area contributed by atoms with Crippen LogP contribution in [0.4, 0.5) is 0 Å². The summed E-state index contributed by atoms with van der Waals surface area (Å²) in [6.07, 6.45) is 0. The van der Waals surface area contributed by atoms with Crippen molar-refractivity contribution in [3.63, 3.8) is 0 Å². The summed E-state index contributed by atoms with van der Waals surface area (Å²) in [7, 11) is -11.4. The fourth-order valence-electron chi connectivity index (χ4n) is 2.00. The molecule has 0 fully saturated rings. The Labute approximate surface area is 169 Å². The molecule has 0 heterocycles. The Morgan fingerprint density at radius 2 is 1.03 bits per heavy atom. The first kappa shape index (κ1) is 28.1. The normalized spacial score (nSPS) is 12.8. The second kappa shape index (κ2) is 10.9. The Morgan fingerprint density at radius 3 is 1.30 bits per heavy atom. The molecular weight excluding hydrogens is 458 g/mol. The molecule has 0 amide bonds. The summed E-state index contributed by atoms with van der Waals surface area (Å²) in [5, 5.41) is 22.9. The molecule has 0 aliphatic carbocycles. The number of ether oxygens (including phenoxy) is 1. The number of hydrogen-bond acceptors (Lipinski definition) is 9. The van der Waals surface area contributed by atoms with Gasteiger partial charge >= 0.3 is 44.2 Å². The van der Waals surface area contributed by atoms with Gasteiger partial charge in [-0.15, -0.1) is 0 Å². The Balaban J connectivity index is 5.37. The van der Waals surface area contributed by atoms with Gasteiger partial charge in [-0.05, 0) is 6.92 Å². The molecule has 0 radical (unpaired) electrons. The van der Waals surface area contributed by atoms with Gasteiger partial charge in [0.1, 0.15) is 0 Å². The average molecular weight is 480 g/mol. The van der Waals surface area contributed by atoms with Crippen molar-refractivity contribution in [2.75, 3.05) is 39.3 Å². The second-order valence-electron chi connectivity index (χ2n) is 6.10. The minimum absolute atomic E-state index is 0.315. The van der Waals surface area contributed by atoms with E-state index in [1.54, 1.807) is 0 Å². The van der Waals surface area contributed by atoms with Crippen LogP contribution < -0.4 is 0 Å². The van der Waals surface area contributed by atoms with Gasteiger partial charge in [0, 0.05) is 13.1 Å². The van der Waals surface area contributed by atoms with Crippen LogP contribution in [0.1, 0.15) is 6.92 Å². The average Bonchev–Trinajstić information content (AvgIpc) is 2.48. The summed E-state index contributed by atoms with van der Waals surface area (Å²) in [5.41, 5.74) is 0. The molecule has 30 heavy (non-hydrogen) atoms. The quantitative estimate of drug-likeness (QED) is 0.0994. The lowest BCUT2D eigenvalue weighted by molar-refractivity contribution is -0.152. The van der Waals surface area contributed by atoms with Crippen LogP contribution in [-0.2, 0) is 33.0 Å². The molecule has 0 unspecified atom stereocenters. The van der Waals surface area contributed by atoms with Gasteiger partial charge in [-0.2, -0.15) is 0 Å². The highest BCUT2D eigenvalue weighted by Gasteiger charge is 2.60. The predicted octanol–water partition coefficient (Wildman–Crippen LogP) is -2.58. The van der Waals surface area contributed by atoms with Gasteiger partial charge in [-0.3, -0.25) is 38.1 Å². The van der Waals surface area contributed by atoms with Gasteiger partial charge in [0.15, 0.2) is 0 Å². The molecule has 16 nitrogen and oxygen atoms in total. The number of carboxylic acids is 3. The van der Waals surface area contributed by atoms with Gasteiger partial charge in [0.2, 0.25) is 0 Å². The Morgan fingerprint density at radius 1 is 0.733 bits per heavy atom. The van der Waals surface area contributed by atoms with Crippen LogP contribution in [0.3, 0.4) is 0 Å². The van der Waals surface area contributed by atoms with Gasteiger partial charge in [0.25, 0.3) is 0 Å². The van der Waals surface area contributed by atoms with E-state index >= 15 is 0 Å². The van der Waals surface area contributed by atoms with Crippen LogP contribution in [0.5, 0.6) is 0 Å². The molecule has 0 atom stereocenters. The smallest absolute Gasteiger partial charge is 0.381 e. The lowest BCUT2D eigenvalue weighted by Gasteiger charge is -2.31. The number of carbonyl (C=O) groups is 4. The summed E-state index contributed by atoms with van der Waals surface area (Å²) < 4.78 is 27.2. The number of carbonyl (C=O) groups excluding carboxylic acids is 1.